The summed E-state index contributed by atoms with van der Waals surface area (Å²) < 4.78 is 14.1. The van der Waals surface area contributed by atoms with Crippen molar-refractivity contribution >= 4 is 0 Å². The Morgan fingerprint density at radius 3 is 3.00 bits per heavy atom. The maximum atomic E-state index is 6.13. The lowest BCUT2D eigenvalue weighted by Gasteiger charge is -2.38. The van der Waals surface area contributed by atoms with E-state index in [-0.39, 0.29) is 6.10 Å². The molecule has 3 atom stereocenters. The van der Waals surface area contributed by atoms with Crippen molar-refractivity contribution in [1.29, 1.82) is 0 Å². The number of ether oxygens (including phenoxy) is 2. The number of aromatic nitrogens is 2. The second-order valence-corrected chi connectivity index (χ2v) is 6.79. The van der Waals surface area contributed by atoms with E-state index in [1.807, 2.05) is 17.9 Å². The molecular weight excluding hydrogens is 266 g/mol. The molecule has 2 aliphatic carbocycles. The molecule has 0 bridgehead atoms. The highest BCUT2D eigenvalue weighted by molar-refractivity contribution is 5.06. The molecule has 0 unspecified atom stereocenters. The average Bonchev–Trinajstić information content (AvgIpc) is 3.08. The van der Waals surface area contributed by atoms with Crippen molar-refractivity contribution in [1.82, 2.24) is 14.7 Å². The zero-order valence-corrected chi connectivity index (χ0v) is 12.8. The van der Waals surface area contributed by atoms with Gasteiger partial charge in [-0.15, -0.1) is 0 Å². The summed E-state index contributed by atoms with van der Waals surface area (Å²) in [6, 6.07) is 0.517. The first-order chi connectivity index (χ1) is 10.3. The van der Waals surface area contributed by atoms with Crippen LogP contribution >= 0.6 is 0 Å². The lowest BCUT2D eigenvalue weighted by molar-refractivity contribution is -0.116. The molecular formula is C16H25N3O2. The maximum absolute atomic E-state index is 6.13. The Labute approximate surface area is 126 Å². The summed E-state index contributed by atoms with van der Waals surface area (Å²) in [6.45, 7) is 3.77. The summed E-state index contributed by atoms with van der Waals surface area (Å²) in [4.78, 5) is 2.56. The van der Waals surface area contributed by atoms with Crippen molar-refractivity contribution < 1.29 is 9.47 Å². The maximum Gasteiger partial charge on any atom is 0.0992 e. The molecule has 2 heterocycles. The van der Waals surface area contributed by atoms with Gasteiger partial charge in [0.2, 0.25) is 0 Å². The molecule has 2 saturated carbocycles. The minimum Gasteiger partial charge on any atom is -0.375 e. The van der Waals surface area contributed by atoms with Gasteiger partial charge in [0.1, 0.15) is 0 Å². The van der Waals surface area contributed by atoms with Crippen LogP contribution in [0.1, 0.15) is 31.2 Å². The van der Waals surface area contributed by atoms with Gasteiger partial charge in [-0.1, -0.05) is 0 Å². The van der Waals surface area contributed by atoms with Crippen molar-refractivity contribution in [2.45, 2.75) is 50.5 Å². The average molecular weight is 291 g/mol. The third-order valence-corrected chi connectivity index (χ3v) is 5.04. The summed E-state index contributed by atoms with van der Waals surface area (Å²) in [7, 11) is 1.98. The zero-order valence-electron chi connectivity index (χ0n) is 12.8. The Kier molecular flexibility index (Phi) is 3.73. The van der Waals surface area contributed by atoms with Crippen LogP contribution in [0.15, 0.2) is 12.4 Å². The van der Waals surface area contributed by atoms with Crippen LogP contribution in [0.3, 0.4) is 0 Å². The molecule has 3 aliphatic rings. The number of morpholine rings is 1. The van der Waals surface area contributed by atoms with Gasteiger partial charge in [0.15, 0.2) is 0 Å². The summed E-state index contributed by atoms with van der Waals surface area (Å²) in [6.07, 6.45) is 9.72. The molecule has 0 radical (unpaired) electrons. The van der Waals surface area contributed by atoms with Crippen LogP contribution in [0.2, 0.25) is 0 Å². The number of hydrogen-bond acceptors (Lipinski definition) is 4. The highest BCUT2D eigenvalue weighted by Gasteiger charge is 2.43. The lowest BCUT2D eigenvalue weighted by atomic mass is 10.1. The van der Waals surface area contributed by atoms with Gasteiger partial charge < -0.3 is 9.47 Å². The number of aryl methyl sites for hydroxylation is 1. The van der Waals surface area contributed by atoms with Crippen LogP contribution in [0, 0.1) is 5.92 Å². The van der Waals surface area contributed by atoms with E-state index in [0.29, 0.717) is 12.1 Å². The van der Waals surface area contributed by atoms with Crippen molar-refractivity contribution in [2.24, 2.45) is 13.0 Å². The largest absolute Gasteiger partial charge is 0.375 e. The Hall–Kier alpha value is -0.910. The van der Waals surface area contributed by atoms with Gasteiger partial charge >= 0.3 is 0 Å². The van der Waals surface area contributed by atoms with E-state index in [1.165, 1.54) is 24.8 Å². The van der Waals surface area contributed by atoms with E-state index >= 15 is 0 Å². The Balaban J connectivity index is 1.38. The van der Waals surface area contributed by atoms with Gasteiger partial charge in [0.25, 0.3) is 0 Å². The summed E-state index contributed by atoms with van der Waals surface area (Å²) in [5, 5.41) is 4.27. The predicted octanol–water partition coefficient (Wildman–Crippen LogP) is 1.58. The van der Waals surface area contributed by atoms with Crippen molar-refractivity contribution in [3.8, 4) is 0 Å². The van der Waals surface area contributed by atoms with E-state index in [4.69, 9.17) is 9.47 Å². The third kappa shape index (κ3) is 3.00. The molecule has 5 heteroatoms. The molecule has 0 aromatic carbocycles. The monoisotopic (exact) mass is 291 g/mol. The lowest BCUT2D eigenvalue weighted by Crippen LogP contribution is -2.51. The van der Waals surface area contributed by atoms with Crippen LogP contribution in [0.4, 0.5) is 0 Å². The van der Waals surface area contributed by atoms with Gasteiger partial charge in [0.05, 0.1) is 25.0 Å². The molecule has 0 N–H and O–H groups in total. The minimum atomic E-state index is 0.272. The van der Waals surface area contributed by atoms with Crippen molar-refractivity contribution in [3.05, 3.63) is 18.0 Å². The summed E-state index contributed by atoms with van der Waals surface area (Å²) >= 11 is 0. The molecule has 1 aromatic heterocycles. The van der Waals surface area contributed by atoms with Crippen molar-refractivity contribution in [2.75, 3.05) is 19.8 Å². The number of fused-ring (bicyclic) bond motifs is 1. The van der Waals surface area contributed by atoms with Crippen LogP contribution in [-0.4, -0.2) is 52.7 Å². The molecule has 1 saturated heterocycles. The van der Waals surface area contributed by atoms with Gasteiger partial charge in [-0.3, -0.25) is 9.58 Å². The van der Waals surface area contributed by atoms with Crippen LogP contribution < -0.4 is 0 Å². The van der Waals surface area contributed by atoms with Gasteiger partial charge in [-0.05, 0) is 31.6 Å². The first-order valence-corrected chi connectivity index (χ1v) is 8.24. The van der Waals surface area contributed by atoms with Gasteiger partial charge in [0, 0.05) is 44.5 Å². The first kappa shape index (κ1) is 13.7. The molecule has 3 fully saturated rings. The normalized spacial score (nSPS) is 33.3. The molecule has 0 amide bonds. The summed E-state index contributed by atoms with van der Waals surface area (Å²) in [5.74, 6) is 0.833. The molecule has 1 aliphatic heterocycles. The van der Waals surface area contributed by atoms with Crippen LogP contribution in [0.5, 0.6) is 0 Å². The van der Waals surface area contributed by atoms with Crippen molar-refractivity contribution in [3.63, 3.8) is 0 Å². The van der Waals surface area contributed by atoms with Gasteiger partial charge in [-0.25, -0.2) is 0 Å². The highest BCUT2D eigenvalue weighted by atomic mass is 16.5. The van der Waals surface area contributed by atoms with E-state index in [9.17, 15) is 0 Å². The Morgan fingerprint density at radius 1 is 1.33 bits per heavy atom. The molecule has 1 aromatic rings. The highest BCUT2D eigenvalue weighted by Crippen LogP contribution is 2.35. The molecule has 21 heavy (non-hydrogen) atoms. The minimum absolute atomic E-state index is 0.272. The second-order valence-electron chi connectivity index (χ2n) is 6.79. The third-order valence-electron chi connectivity index (χ3n) is 5.04. The van der Waals surface area contributed by atoms with E-state index < -0.39 is 0 Å². The zero-order chi connectivity index (χ0) is 14.2. The molecule has 4 rings (SSSR count). The fourth-order valence-electron chi connectivity index (χ4n) is 3.70. The number of nitrogens with zero attached hydrogens (tertiary/aromatic N) is 3. The van der Waals surface area contributed by atoms with E-state index in [2.05, 4.69) is 16.2 Å². The molecule has 116 valence electrons. The molecule has 5 nitrogen and oxygen atoms in total. The fourth-order valence-corrected chi connectivity index (χ4v) is 3.70. The Morgan fingerprint density at radius 2 is 2.24 bits per heavy atom. The Bertz CT molecular complexity index is 486. The smallest absolute Gasteiger partial charge is 0.0992 e. The first-order valence-electron chi connectivity index (χ1n) is 8.24. The number of hydrogen-bond donors (Lipinski definition) is 0. The molecule has 0 spiro atoms. The van der Waals surface area contributed by atoms with Crippen LogP contribution in [0.25, 0.3) is 0 Å². The summed E-state index contributed by atoms with van der Waals surface area (Å²) in [5.41, 5.74) is 1.29. The van der Waals surface area contributed by atoms with Gasteiger partial charge in [-0.2, -0.15) is 5.10 Å². The van der Waals surface area contributed by atoms with E-state index in [0.717, 1.165) is 38.6 Å². The quantitative estimate of drug-likeness (QED) is 0.826. The number of rotatable bonds is 5. The standard InChI is InChI=1S/C16H25N3O2/c1-18-9-13(8-17-18)10-19-6-7-20-16-14(19)4-5-15(16)21-11-12-2-3-12/h8-9,12,14-16H,2-7,10-11H2,1H3/t14-,15+,16+/m0/s1. The van der Waals surface area contributed by atoms with E-state index in [1.54, 1.807) is 0 Å². The van der Waals surface area contributed by atoms with Crippen LogP contribution in [-0.2, 0) is 23.1 Å². The fraction of sp³-hybridized carbons (Fsp3) is 0.812. The second kappa shape index (κ2) is 5.71. The predicted molar refractivity (Wildman–Crippen MR) is 78.8 cm³/mol. The SMILES string of the molecule is Cn1cc(CN2CCO[C@H]3[C@H](OCC4CC4)CC[C@@H]32)cn1. The topological polar surface area (TPSA) is 39.5 Å².